The van der Waals surface area contributed by atoms with E-state index >= 15 is 0 Å². The summed E-state index contributed by atoms with van der Waals surface area (Å²) in [4.78, 5) is 14.6. The van der Waals surface area contributed by atoms with Crippen LogP contribution in [0.2, 0.25) is 17.3 Å². The molecule has 1 radical (unpaired) electrons. The molecule has 61 heavy (non-hydrogen) atoms. The number of imidazole rings is 1. The van der Waals surface area contributed by atoms with Gasteiger partial charge in [0.25, 0.3) is 0 Å². The maximum absolute atomic E-state index is 6.45. The Kier molecular flexibility index (Phi) is 11.9. The first-order valence-corrected chi connectivity index (χ1v) is 28.4. The smallest absolute Gasteiger partial charge is 0.216 e. The summed E-state index contributed by atoms with van der Waals surface area (Å²) >= 11 is -1.86. The molecule has 0 atom stereocenters. The van der Waals surface area contributed by atoms with Crippen LogP contribution < -0.4 is 4.40 Å². The van der Waals surface area contributed by atoms with Gasteiger partial charge in [-0.25, -0.2) is 4.98 Å². The summed E-state index contributed by atoms with van der Waals surface area (Å²) in [6.07, 6.45) is 3.27. The summed E-state index contributed by atoms with van der Waals surface area (Å²) in [5.74, 6) is 9.08. The summed E-state index contributed by atoms with van der Waals surface area (Å²) in [5, 5.41) is 6.97. The van der Waals surface area contributed by atoms with Crippen LogP contribution in [0.4, 0.5) is 0 Å². The molecule has 0 fully saturated rings. The maximum Gasteiger partial charge on any atom is 0.216 e. The van der Waals surface area contributed by atoms with Crippen molar-refractivity contribution in [2.24, 2.45) is 5.92 Å². The largest absolute Gasteiger partial charge is 0.486 e. The van der Waals surface area contributed by atoms with Crippen molar-refractivity contribution in [3.63, 3.8) is 0 Å². The Morgan fingerprint density at radius 2 is 1.38 bits per heavy atom. The van der Waals surface area contributed by atoms with Crippen LogP contribution in [0.25, 0.3) is 83.0 Å². The average Bonchev–Trinajstić information content (AvgIpc) is 3.81. The van der Waals surface area contributed by atoms with E-state index in [2.05, 4.69) is 164 Å². The first-order chi connectivity index (χ1) is 29.0. The van der Waals surface area contributed by atoms with E-state index in [0.717, 1.165) is 67.8 Å². The van der Waals surface area contributed by atoms with Crippen LogP contribution in [0.3, 0.4) is 0 Å². The summed E-state index contributed by atoms with van der Waals surface area (Å²) in [7, 11) is 0. The van der Waals surface area contributed by atoms with E-state index in [-0.39, 0.29) is 26.0 Å². The monoisotopic (exact) mass is 1040 g/mol. The molecule has 0 N–H and O–H groups in total. The molecule has 0 aliphatic rings. The van der Waals surface area contributed by atoms with Crippen LogP contribution in [-0.4, -0.2) is 32.8 Å². The third kappa shape index (κ3) is 7.98. The van der Waals surface area contributed by atoms with Gasteiger partial charge in [0, 0.05) is 36.6 Å². The van der Waals surface area contributed by atoms with Gasteiger partial charge in [0.05, 0.1) is 28.1 Å². The van der Waals surface area contributed by atoms with Crippen molar-refractivity contribution < 1.29 is 24.5 Å². The standard InChI is InChI=1S/C36H26N3O.C18H24GeN.Ir/c1-21(2)32-25-13-6-4-11-23(25)24-12-5-7-14-26(24)33(32)39-31-18-9-8-17-30(31)38-35(39)29-16-10-15-27-28-20-19-22(3)37-36(28)40-34(27)29;1-14(2)11-16-12-18(15-9-7-6-8-10-15)20-13-17(16)19(3,4)5;/h4-15,17-21H,1-3H3;6-9,12-14H,11H2,1-5H3;/q2*-1;. The van der Waals surface area contributed by atoms with Crippen molar-refractivity contribution in [1.82, 2.24) is 19.5 Å². The Labute approximate surface area is 375 Å². The Bertz CT molecular complexity index is 3190. The molecule has 0 bridgehead atoms. The van der Waals surface area contributed by atoms with Gasteiger partial charge >= 0.3 is 126 Å². The molecular formula is C54H50GeIrN4O-2. The molecular weight excluding hydrogens is 985 g/mol. The van der Waals surface area contributed by atoms with Crippen LogP contribution in [0.1, 0.15) is 50.4 Å². The Morgan fingerprint density at radius 1 is 0.689 bits per heavy atom. The number of hydrogen-bond donors (Lipinski definition) is 0. The van der Waals surface area contributed by atoms with Crippen molar-refractivity contribution in [3.8, 4) is 28.3 Å². The molecule has 0 saturated heterocycles. The molecule has 0 saturated carbocycles. The topological polar surface area (TPSA) is 56.7 Å². The first-order valence-electron chi connectivity index (χ1n) is 21.1. The molecule has 10 rings (SSSR count). The first kappa shape index (κ1) is 42.3. The fourth-order valence-corrected chi connectivity index (χ4v) is 12.1. The summed E-state index contributed by atoms with van der Waals surface area (Å²) in [6.45, 7) is 11.1. The predicted molar refractivity (Wildman–Crippen MR) is 254 cm³/mol. The van der Waals surface area contributed by atoms with Gasteiger partial charge in [-0.3, -0.25) is 4.98 Å². The molecule has 0 aliphatic carbocycles. The zero-order chi connectivity index (χ0) is 41.7. The SMILES string of the molecule is CC(C)Cc1cc(-c2[c-]cccc2)nc[c]1[Ge]([CH3])([CH3])[CH3].Cc1ccc2c(n1)oc1c(-c3nc4ccccc4n3-c3c(C(C)C)c4ccccc4c4ccccc34)[c-]ccc12.[Ir]. The van der Waals surface area contributed by atoms with E-state index < -0.39 is 13.3 Å². The van der Waals surface area contributed by atoms with Crippen molar-refractivity contribution in [1.29, 1.82) is 0 Å². The number of hydrogen-bond acceptors (Lipinski definition) is 4. The maximum atomic E-state index is 6.45. The minimum atomic E-state index is -1.86. The van der Waals surface area contributed by atoms with Gasteiger partial charge in [-0.2, -0.15) is 0 Å². The number of pyridine rings is 2. The van der Waals surface area contributed by atoms with Crippen LogP contribution in [0.5, 0.6) is 0 Å². The van der Waals surface area contributed by atoms with Crippen molar-refractivity contribution >= 4 is 72.3 Å². The van der Waals surface area contributed by atoms with Crippen LogP contribution in [0, 0.1) is 25.0 Å². The number of rotatable bonds is 7. The normalized spacial score (nSPS) is 11.8. The number of nitrogens with zero attached hydrogens (tertiary/aromatic N) is 4. The van der Waals surface area contributed by atoms with E-state index in [1.807, 2.05) is 43.3 Å². The second-order valence-corrected chi connectivity index (χ2v) is 28.2. The molecule has 4 aromatic heterocycles. The number of benzene rings is 6. The molecule has 6 aromatic carbocycles. The van der Waals surface area contributed by atoms with E-state index in [1.54, 1.807) is 4.40 Å². The zero-order valence-electron chi connectivity index (χ0n) is 36.1. The van der Waals surface area contributed by atoms with Gasteiger partial charge in [0.2, 0.25) is 5.71 Å². The fraction of sp³-hybridized carbons (Fsp3) is 0.204. The zero-order valence-corrected chi connectivity index (χ0v) is 40.6. The van der Waals surface area contributed by atoms with Crippen molar-refractivity contribution in [3.05, 3.63) is 163 Å². The third-order valence-electron chi connectivity index (χ3n) is 11.4. The minimum Gasteiger partial charge on any atom is -0.486 e. The van der Waals surface area contributed by atoms with E-state index in [1.165, 1.54) is 32.7 Å². The average molecular weight is 1040 g/mol. The number of para-hydroxylation sites is 2. The number of aromatic nitrogens is 4. The summed E-state index contributed by atoms with van der Waals surface area (Å²) in [5.41, 5.74) is 11.2. The molecule has 5 nitrogen and oxygen atoms in total. The molecule has 0 spiro atoms. The number of furan rings is 1. The summed E-state index contributed by atoms with van der Waals surface area (Å²) < 4.78 is 10.3. The number of aryl methyl sites for hydroxylation is 1. The van der Waals surface area contributed by atoms with Crippen molar-refractivity contribution in [2.45, 2.75) is 64.2 Å². The van der Waals surface area contributed by atoms with Crippen molar-refractivity contribution in [2.75, 3.05) is 0 Å². The van der Waals surface area contributed by atoms with Gasteiger partial charge in [-0.15, -0.1) is 18.2 Å². The van der Waals surface area contributed by atoms with Crippen LogP contribution in [-0.2, 0) is 26.5 Å². The molecule has 0 amide bonds. The molecule has 10 aromatic rings. The van der Waals surface area contributed by atoms with Gasteiger partial charge in [0.1, 0.15) is 0 Å². The molecule has 307 valence electrons. The molecule has 7 heteroatoms. The molecule has 4 heterocycles. The summed E-state index contributed by atoms with van der Waals surface area (Å²) in [6, 6.07) is 51.1. The predicted octanol–water partition coefficient (Wildman–Crippen LogP) is 13.8. The van der Waals surface area contributed by atoms with Crippen LogP contribution >= 0.6 is 0 Å². The van der Waals surface area contributed by atoms with E-state index in [9.17, 15) is 0 Å². The quantitative estimate of drug-likeness (QED) is 0.0907. The Hall–Kier alpha value is -5.40. The van der Waals surface area contributed by atoms with Crippen LogP contribution in [0.15, 0.2) is 138 Å². The van der Waals surface area contributed by atoms with Gasteiger partial charge in [-0.1, -0.05) is 85.5 Å². The molecule has 0 unspecified atom stereocenters. The Balaban J connectivity index is 0.000000208. The third-order valence-corrected chi connectivity index (χ3v) is 15.7. The van der Waals surface area contributed by atoms with Gasteiger partial charge in [0.15, 0.2) is 0 Å². The number of fused-ring (bicyclic) bond motifs is 7. The van der Waals surface area contributed by atoms with Gasteiger partial charge < -0.3 is 8.98 Å². The van der Waals surface area contributed by atoms with E-state index in [4.69, 9.17) is 14.4 Å². The second-order valence-electron chi connectivity index (χ2n) is 17.6. The second kappa shape index (κ2) is 17.2. The van der Waals surface area contributed by atoms with Gasteiger partial charge in [-0.05, 0) is 58.8 Å². The molecule has 0 aliphatic heterocycles. The van der Waals surface area contributed by atoms with E-state index in [0.29, 0.717) is 11.6 Å². The Morgan fingerprint density at radius 3 is 2.08 bits per heavy atom. The fourth-order valence-electron chi connectivity index (χ4n) is 8.76. The minimum absolute atomic E-state index is 0.